The number of methoxy groups -OCH3 is 1. The van der Waals surface area contributed by atoms with Crippen molar-refractivity contribution in [3.63, 3.8) is 0 Å². The largest absolute Gasteiger partial charge is 0.383 e. The number of fused-ring (bicyclic) bond motifs is 1. The second-order valence-corrected chi connectivity index (χ2v) is 9.87. The molecule has 1 aliphatic heterocycles. The lowest BCUT2D eigenvalue weighted by Crippen LogP contribution is -2.42. The van der Waals surface area contributed by atoms with Crippen LogP contribution < -0.4 is 10.6 Å². The predicted octanol–water partition coefficient (Wildman–Crippen LogP) is 3.18. The van der Waals surface area contributed by atoms with Crippen molar-refractivity contribution in [3.8, 4) is 16.9 Å². The van der Waals surface area contributed by atoms with E-state index in [-0.39, 0.29) is 0 Å². The van der Waals surface area contributed by atoms with Gasteiger partial charge in [-0.1, -0.05) is 23.4 Å². The van der Waals surface area contributed by atoms with Crippen LogP contribution in [0.15, 0.2) is 60.9 Å². The number of anilines is 1. The lowest BCUT2D eigenvalue weighted by Gasteiger charge is -2.19. The van der Waals surface area contributed by atoms with Crippen LogP contribution in [-0.2, 0) is 16.6 Å². The fourth-order valence-electron chi connectivity index (χ4n) is 4.98. The summed E-state index contributed by atoms with van der Waals surface area (Å²) in [6.45, 7) is 3.17. The molecule has 1 saturated heterocycles. The van der Waals surface area contributed by atoms with Crippen LogP contribution in [0.3, 0.4) is 0 Å². The molecule has 0 aliphatic carbocycles. The maximum absolute atomic E-state index is 14.0. The molecule has 5 heterocycles. The van der Waals surface area contributed by atoms with E-state index in [1.165, 1.54) is 12.3 Å². The van der Waals surface area contributed by atoms with Crippen LogP contribution in [-0.4, -0.2) is 78.7 Å². The molecule has 0 bridgehead atoms. The molecule has 42 heavy (non-hydrogen) atoms. The highest BCUT2D eigenvalue weighted by atomic mass is 19.1. The number of ether oxygens (including phenoxy) is 1. The molecule has 0 radical (unpaired) electrons. The summed E-state index contributed by atoms with van der Waals surface area (Å²) in [5.74, 6) is -0.145. The number of pyridine rings is 2. The maximum atomic E-state index is 14.0. The van der Waals surface area contributed by atoms with Gasteiger partial charge in [0, 0.05) is 50.8 Å². The summed E-state index contributed by atoms with van der Waals surface area (Å²) in [4.78, 5) is 27.7. The molecule has 5 aromatic rings. The topological polar surface area (TPSA) is 137 Å². The van der Waals surface area contributed by atoms with Crippen LogP contribution in [0.25, 0.3) is 28.1 Å². The van der Waals surface area contributed by atoms with Crippen molar-refractivity contribution in [3.05, 3.63) is 78.0 Å². The second kappa shape index (κ2) is 11.6. The van der Waals surface area contributed by atoms with Gasteiger partial charge in [-0.05, 0) is 42.8 Å². The van der Waals surface area contributed by atoms with Gasteiger partial charge in [0.05, 0.1) is 24.0 Å². The predicted molar refractivity (Wildman–Crippen MR) is 151 cm³/mol. The van der Waals surface area contributed by atoms with Crippen molar-refractivity contribution >= 4 is 23.0 Å². The van der Waals surface area contributed by atoms with Gasteiger partial charge in [0.15, 0.2) is 5.65 Å². The number of rotatable bonds is 8. The van der Waals surface area contributed by atoms with E-state index in [9.17, 15) is 9.18 Å². The average molecular weight is 573 g/mol. The summed E-state index contributed by atoms with van der Waals surface area (Å²) >= 11 is 0. The summed E-state index contributed by atoms with van der Waals surface area (Å²) in [7, 11) is 3.38. The molecule has 13 nitrogen and oxygen atoms in total. The monoisotopic (exact) mass is 572 g/mol. The lowest BCUT2D eigenvalue weighted by atomic mass is 10.0. The van der Waals surface area contributed by atoms with Gasteiger partial charge in [-0.25, -0.2) is 24.1 Å². The van der Waals surface area contributed by atoms with E-state index in [1.807, 2.05) is 43.3 Å². The maximum Gasteiger partial charge on any atom is 0.320 e. The number of urea groups is 1. The molecule has 4 aromatic heterocycles. The van der Waals surface area contributed by atoms with Crippen molar-refractivity contribution < 1.29 is 18.8 Å². The Labute approximate surface area is 240 Å². The number of hydroxylamine groups is 2. The van der Waals surface area contributed by atoms with Crippen LogP contribution in [0.1, 0.15) is 17.2 Å². The van der Waals surface area contributed by atoms with Gasteiger partial charge in [0.25, 0.3) is 0 Å². The highest BCUT2D eigenvalue weighted by Gasteiger charge is 2.37. The van der Waals surface area contributed by atoms with E-state index >= 15 is 0 Å². The summed E-state index contributed by atoms with van der Waals surface area (Å²) in [6.07, 6.45) is 2.47. The Morgan fingerprint density at radius 3 is 2.81 bits per heavy atom. The molecule has 0 saturated carbocycles. The van der Waals surface area contributed by atoms with Crippen LogP contribution in [0.4, 0.5) is 15.0 Å². The van der Waals surface area contributed by atoms with E-state index in [0.29, 0.717) is 47.9 Å². The second-order valence-electron chi connectivity index (χ2n) is 9.87. The molecule has 2 atom stereocenters. The number of halogens is 1. The van der Waals surface area contributed by atoms with Gasteiger partial charge in [-0.2, -0.15) is 14.6 Å². The molecule has 6 rings (SSSR count). The first-order valence-electron chi connectivity index (χ1n) is 13.3. The molecule has 0 spiro atoms. The molecule has 2 amide bonds. The Bertz CT molecular complexity index is 1720. The number of nitrogens with one attached hydrogen (secondary N) is 2. The number of carbonyl (C=O) groups excluding carboxylic acids is 1. The molecule has 14 heteroatoms. The number of hydrogen-bond acceptors (Lipinski definition) is 9. The summed E-state index contributed by atoms with van der Waals surface area (Å²) in [6, 6.07) is 13.4. The molecule has 1 aliphatic rings. The lowest BCUT2D eigenvalue weighted by molar-refractivity contribution is -0.154. The Hall–Kier alpha value is -4.79. The number of carbonyl (C=O) groups is 1. The third-order valence-corrected chi connectivity index (χ3v) is 7.04. The van der Waals surface area contributed by atoms with Gasteiger partial charge < -0.3 is 10.1 Å². The molecular formula is C28H29FN10O3. The molecule has 1 fully saturated rings. The minimum atomic E-state index is -0.626. The van der Waals surface area contributed by atoms with E-state index in [1.54, 1.807) is 40.8 Å². The Morgan fingerprint density at radius 2 is 2.02 bits per heavy atom. The number of benzene rings is 1. The summed E-state index contributed by atoms with van der Waals surface area (Å²) < 4.78 is 22.4. The van der Waals surface area contributed by atoms with Crippen molar-refractivity contribution in [2.75, 3.05) is 32.1 Å². The number of hydrogen-bond donors (Lipinski definition) is 2. The van der Waals surface area contributed by atoms with E-state index in [0.717, 1.165) is 16.8 Å². The zero-order valence-electron chi connectivity index (χ0n) is 23.2. The molecule has 216 valence electrons. The highest BCUT2D eigenvalue weighted by Crippen LogP contribution is 2.32. The minimum absolute atomic E-state index is 0.372. The third kappa shape index (κ3) is 5.42. The van der Waals surface area contributed by atoms with Gasteiger partial charge in [-0.3, -0.25) is 10.2 Å². The first-order chi connectivity index (χ1) is 20.4. The molecular weight excluding hydrogens is 543 g/mol. The fourth-order valence-corrected chi connectivity index (χ4v) is 4.98. The first-order valence-corrected chi connectivity index (χ1v) is 13.3. The number of amides is 2. The standard InChI is InChI=1S/C28H29FN10O3/c1-17-24(19-13-21-27(31-15-19)37(2)36-34-21)35-39(20-7-5-4-6-8-20)26(17)33-28(40)32-22-16-38(11-12-41-3)42-25(22)18-9-10-30-23(29)14-18/h4-10,13-15,22,25H,11-12,16H2,1-3H3,(H2,32,33,40)/t22-,25+/m1/s1. The molecule has 0 unspecified atom stereocenters. The molecule has 2 N–H and O–H groups in total. The zero-order chi connectivity index (χ0) is 29.2. The SMILES string of the molecule is COCCN1C[C@@H](NC(=O)Nc2c(C)c(-c3cnc4c(c3)nnn4C)nn2-c2ccccc2)[C@H](c2ccnc(F)c2)O1. The number of aromatic nitrogens is 7. The zero-order valence-corrected chi connectivity index (χ0v) is 23.2. The highest BCUT2D eigenvalue weighted by molar-refractivity contribution is 5.91. The Kier molecular flexibility index (Phi) is 7.56. The van der Waals surface area contributed by atoms with Gasteiger partial charge in [0.2, 0.25) is 5.95 Å². The fraction of sp³-hybridized carbons (Fsp3) is 0.286. The third-order valence-electron chi connectivity index (χ3n) is 7.04. The minimum Gasteiger partial charge on any atom is -0.383 e. The number of nitrogens with zero attached hydrogens (tertiary/aromatic N) is 8. The molecule has 1 aromatic carbocycles. The normalized spacial score (nSPS) is 17.1. The smallest absolute Gasteiger partial charge is 0.320 e. The average Bonchev–Trinajstić information content (AvgIpc) is 3.67. The summed E-state index contributed by atoms with van der Waals surface area (Å²) in [5, 5.41) is 20.8. The van der Waals surface area contributed by atoms with Gasteiger partial charge >= 0.3 is 6.03 Å². The van der Waals surface area contributed by atoms with E-state index in [2.05, 4.69) is 30.9 Å². The van der Waals surface area contributed by atoms with E-state index < -0.39 is 24.1 Å². The first kappa shape index (κ1) is 27.4. The van der Waals surface area contributed by atoms with Gasteiger partial charge in [-0.15, -0.1) is 5.10 Å². The Morgan fingerprint density at radius 1 is 1.19 bits per heavy atom. The van der Waals surface area contributed by atoms with Crippen molar-refractivity contribution in [1.29, 1.82) is 0 Å². The number of aryl methyl sites for hydroxylation is 1. The van der Waals surface area contributed by atoms with Crippen molar-refractivity contribution in [2.24, 2.45) is 7.05 Å². The van der Waals surface area contributed by atoms with Crippen LogP contribution in [0, 0.1) is 12.9 Å². The van der Waals surface area contributed by atoms with Crippen LogP contribution in [0.2, 0.25) is 0 Å². The van der Waals surface area contributed by atoms with Crippen molar-refractivity contribution in [2.45, 2.75) is 19.1 Å². The van der Waals surface area contributed by atoms with Crippen LogP contribution >= 0.6 is 0 Å². The van der Waals surface area contributed by atoms with Crippen molar-refractivity contribution in [1.82, 2.24) is 45.1 Å². The van der Waals surface area contributed by atoms with Crippen LogP contribution in [0.5, 0.6) is 0 Å². The Balaban J connectivity index is 1.30. The quantitative estimate of drug-likeness (QED) is 0.269. The van der Waals surface area contributed by atoms with Gasteiger partial charge in [0.1, 0.15) is 17.4 Å². The summed E-state index contributed by atoms with van der Waals surface area (Å²) in [5.41, 5.74) is 4.71. The number of para-hydroxylation sites is 1. The van der Waals surface area contributed by atoms with E-state index in [4.69, 9.17) is 14.7 Å².